The van der Waals surface area contributed by atoms with Gasteiger partial charge in [-0.3, -0.25) is 9.67 Å². The summed E-state index contributed by atoms with van der Waals surface area (Å²) < 4.78 is 1.85. The van der Waals surface area contributed by atoms with E-state index in [1.807, 2.05) is 36.6 Å². The van der Waals surface area contributed by atoms with Gasteiger partial charge in [0.1, 0.15) is 0 Å². The number of hydrogen-bond donors (Lipinski definition) is 1. The molecule has 1 aromatic rings. The van der Waals surface area contributed by atoms with E-state index in [-0.39, 0.29) is 0 Å². The zero-order valence-electron chi connectivity index (χ0n) is 10.7. The molecular weight excluding hydrogens is 232 g/mol. The minimum absolute atomic E-state index is 0.602. The van der Waals surface area contributed by atoms with Crippen molar-refractivity contribution in [2.75, 3.05) is 5.75 Å². The van der Waals surface area contributed by atoms with Crippen LogP contribution in [0.4, 0.5) is 0 Å². The molecule has 0 amide bonds. The Morgan fingerprint density at radius 3 is 3.12 bits per heavy atom. The van der Waals surface area contributed by atoms with Crippen LogP contribution in [-0.2, 0) is 13.6 Å². The number of aliphatic imine (C=N–C) groups is 1. The Morgan fingerprint density at radius 1 is 1.65 bits per heavy atom. The van der Waals surface area contributed by atoms with Gasteiger partial charge < -0.3 is 5.32 Å². The number of amidine groups is 1. The number of hydrogen-bond acceptors (Lipinski definition) is 3. The number of aryl methyl sites for hydroxylation is 2. The van der Waals surface area contributed by atoms with Crippen molar-refractivity contribution < 1.29 is 0 Å². The summed E-state index contributed by atoms with van der Waals surface area (Å²) in [5, 5.41) is 8.90. The first kappa shape index (κ1) is 12.5. The highest BCUT2D eigenvalue weighted by molar-refractivity contribution is 8.13. The molecule has 17 heavy (non-hydrogen) atoms. The molecule has 1 fully saturated rings. The molecule has 0 saturated carbocycles. The SMILES string of the molecule is CCC1CCSC(=NCc2cn(C)nc2C)N1. The zero-order chi connectivity index (χ0) is 12.3. The first-order valence-corrected chi connectivity index (χ1v) is 7.10. The molecule has 2 rings (SSSR count). The topological polar surface area (TPSA) is 42.2 Å². The molecule has 0 spiro atoms. The van der Waals surface area contributed by atoms with E-state index < -0.39 is 0 Å². The summed E-state index contributed by atoms with van der Waals surface area (Å²) in [5.74, 6) is 1.18. The summed E-state index contributed by atoms with van der Waals surface area (Å²) in [6.07, 6.45) is 4.46. The van der Waals surface area contributed by atoms with Crippen molar-refractivity contribution in [1.82, 2.24) is 15.1 Å². The molecule has 1 atom stereocenters. The molecular formula is C12H20N4S. The molecule has 1 saturated heterocycles. The van der Waals surface area contributed by atoms with Crippen molar-refractivity contribution in [2.24, 2.45) is 12.0 Å². The van der Waals surface area contributed by atoms with Crippen LogP contribution < -0.4 is 5.32 Å². The lowest BCUT2D eigenvalue weighted by molar-refractivity contribution is 0.570. The summed E-state index contributed by atoms with van der Waals surface area (Å²) in [6, 6.07) is 0.602. The summed E-state index contributed by atoms with van der Waals surface area (Å²) >= 11 is 1.83. The van der Waals surface area contributed by atoms with Gasteiger partial charge in [0.15, 0.2) is 5.17 Å². The highest BCUT2D eigenvalue weighted by Crippen LogP contribution is 2.16. The van der Waals surface area contributed by atoms with Gasteiger partial charge in [-0.15, -0.1) is 0 Å². The van der Waals surface area contributed by atoms with Gasteiger partial charge in [0, 0.05) is 30.6 Å². The minimum atomic E-state index is 0.602. The predicted molar refractivity (Wildman–Crippen MR) is 73.4 cm³/mol. The molecule has 0 bridgehead atoms. The van der Waals surface area contributed by atoms with Gasteiger partial charge in [-0.25, -0.2) is 0 Å². The van der Waals surface area contributed by atoms with Gasteiger partial charge in [0.2, 0.25) is 0 Å². The average Bonchev–Trinajstić information content (AvgIpc) is 2.65. The van der Waals surface area contributed by atoms with E-state index in [4.69, 9.17) is 0 Å². The third-order valence-electron chi connectivity index (χ3n) is 3.03. The van der Waals surface area contributed by atoms with Crippen molar-refractivity contribution in [3.63, 3.8) is 0 Å². The number of thioether (sulfide) groups is 1. The smallest absolute Gasteiger partial charge is 0.157 e. The van der Waals surface area contributed by atoms with Gasteiger partial charge in [0.05, 0.1) is 12.2 Å². The van der Waals surface area contributed by atoms with E-state index in [2.05, 4.69) is 22.3 Å². The van der Waals surface area contributed by atoms with Crippen molar-refractivity contribution in [3.05, 3.63) is 17.5 Å². The predicted octanol–water partition coefficient (Wildman–Crippen LogP) is 2.09. The van der Waals surface area contributed by atoms with Crippen LogP contribution in [0, 0.1) is 6.92 Å². The van der Waals surface area contributed by atoms with Gasteiger partial charge in [-0.1, -0.05) is 18.7 Å². The largest absolute Gasteiger partial charge is 0.362 e. The van der Waals surface area contributed by atoms with Crippen LogP contribution in [0.3, 0.4) is 0 Å². The van der Waals surface area contributed by atoms with Crippen molar-refractivity contribution in [2.45, 2.75) is 39.3 Å². The van der Waals surface area contributed by atoms with Gasteiger partial charge in [-0.2, -0.15) is 5.10 Å². The van der Waals surface area contributed by atoms with E-state index in [0.29, 0.717) is 6.04 Å². The molecule has 0 aliphatic carbocycles. The Kier molecular flexibility index (Phi) is 4.10. The maximum atomic E-state index is 4.64. The summed E-state index contributed by atoms with van der Waals surface area (Å²) in [6.45, 7) is 4.98. The summed E-state index contributed by atoms with van der Waals surface area (Å²) in [5.41, 5.74) is 2.28. The fourth-order valence-corrected chi connectivity index (χ4v) is 2.95. The first-order valence-electron chi connectivity index (χ1n) is 6.12. The quantitative estimate of drug-likeness (QED) is 0.895. The van der Waals surface area contributed by atoms with E-state index in [1.54, 1.807) is 0 Å². The van der Waals surface area contributed by atoms with Gasteiger partial charge in [-0.05, 0) is 19.8 Å². The molecule has 2 heterocycles. The highest BCUT2D eigenvalue weighted by atomic mass is 32.2. The molecule has 1 aliphatic heterocycles. The Morgan fingerprint density at radius 2 is 2.47 bits per heavy atom. The second kappa shape index (κ2) is 5.58. The Balaban J connectivity index is 1.98. The van der Waals surface area contributed by atoms with Crippen molar-refractivity contribution >= 4 is 16.9 Å². The van der Waals surface area contributed by atoms with E-state index in [0.717, 1.165) is 17.4 Å². The van der Waals surface area contributed by atoms with Crippen LogP contribution in [0.5, 0.6) is 0 Å². The molecule has 1 aromatic heterocycles. The van der Waals surface area contributed by atoms with Crippen LogP contribution in [0.2, 0.25) is 0 Å². The van der Waals surface area contributed by atoms with E-state index >= 15 is 0 Å². The average molecular weight is 252 g/mol. The third kappa shape index (κ3) is 3.25. The van der Waals surface area contributed by atoms with E-state index in [1.165, 1.54) is 24.2 Å². The molecule has 1 unspecified atom stereocenters. The zero-order valence-corrected chi connectivity index (χ0v) is 11.5. The van der Waals surface area contributed by atoms with Crippen LogP contribution in [0.1, 0.15) is 31.0 Å². The lowest BCUT2D eigenvalue weighted by Crippen LogP contribution is -2.37. The first-order chi connectivity index (χ1) is 8.19. The fraction of sp³-hybridized carbons (Fsp3) is 0.667. The van der Waals surface area contributed by atoms with Gasteiger partial charge in [0.25, 0.3) is 0 Å². The summed E-state index contributed by atoms with van der Waals surface area (Å²) in [7, 11) is 1.95. The maximum absolute atomic E-state index is 4.64. The molecule has 94 valence electrons. The molecule has 0 radical (unpaired) electrons. The minimum Gasteiger partial charge on any atom is -0.362 e. The van der Waals surface area contributed by atoms with Crippen LogP contribution in [0.25, 0.3) is 0 Å². The molecule has 4 nitrogen and oxygen atoms in total. The fourth-order valence-electron chi connectivity index (χ4n) is 1.94. The Bertz CT molecular complexity index is 411. The van der Waals surface area contributed by atoms with E-state index in [9.17, 15) is 0 Å². The van der Waals surface area contributed by atoms with Crippen LogP contribution in [-0.4, -0.2) is 26.7 Å². The number of nitrogens with one attached hydrogen (secondary N) is 1. The normalized spacial score (nSPS) is 22.8. The lowest BCUT2D eigenvalue weighted by atomic mass is 10.2. The summed E-state index contributed by atoms with van der Waals surface area (Å²) in [4.78, 5) is 4.64. The highest BCUT2D eigenvalue weighted by Gasteiger charge is 2.15. The third-order valence-corrected chi connectivity index (χ3v) is 3.99. The molecule has 5 heteroatoms. The maximum Gasteiger partial charge on any atom is 0.157 e. The standard InChI is InChI=1S/C12H20N4S/c1-4-11-5-6-17-12(14-11)13-7-10-8-16(3)15-9(10)2/h8,11H,4-7H2,1-3H3,(H,13,14). The van der Waals surface area contributed by atoms with Crippen LogP contribution in [0.15, 0.2) is 11.2 Å². The van der Waals surface area contributed by atoms with Crippen LogP contribution >= 0.6 is 11.8 Å². The number of aromatic nitrogens is 2. The number of rotatable bonds is 3. The second-order valence-electron chi connectivity index (χ2n) is 4.42. The second-order valence-corrected chi connectivity index (χ2v) is 5.51. The monoisotopic (exact) mass is 252 g/mol. The lowest BCUT2D eigenvalue weighted by Gasteiger charge is -2.24. The molecule has 0 aromatic carbocycles. The van der Waals surface area contributed by atoms with Gasteiger partial charge >= 0.3 is 0 Å². The molecule has 1 N–H and O–H groups in total. The van der Waals surface area contributed by atoms with Crippen molar-refractivity contribution in [1.29, 1.82) is 0 Å². The Labute approximate surface area is 107 Å². The number of nitrogens with zero attached hydrogens (tertiary/aromatic N) is 3. The Hall–Kier alpha value is -0.970. The van der Waals surface area contributed by atoms with Crippen molar-refractivity contribution in [3.8, 4) is 0 Å². The molecule has 1 aliphatic rings.